The van der Waals surface area contributed by atoms with Gasteiger partial charge < -0.3 is 0 Å². The van der Waals surface area contributed by atoms with Gasteiger partial charge in [0.25, 0.3) is 0 Å². The Labute approximate surface area is 136 Å². The zero-order chi connectivity index (χ0) is 16.7. The molecule has 23 heavy (non-hydrogen) atoms. The molecule has 0 unspecified atom stereocenters. The van der Waals surface area contributed by atoms with Crippen molar-refractivity contribution < 1.29 is 4.79 Å². The van der Waals surface area contributed by atoms with Crippen LogP contribution >= 0.6 is 0 Å². The van der Waals surface area contributed by atoms with Gasteiger partial charge in [0, 0.05) is 18.0 Å². The van der Waals surface area contributed by atoms with Gasteiger partial charge in [0.2, 0.25) is 0 Å². The lowest BCUT2D eigenvalue weighted by molar-refractivity contribution is 0.101. The first-order chi connectivity index (χ1) is 11.1. The lowest BCUT2D eigenvalue weighted by Gasteiger charge is -2.06. The number of hydrogen-bond donors (Lipinski definition) is 0. The first-order valence-corrected chi connectivity index (χ1v) is 7.25. The summed E-state index contributed by atoms with van der Waals surface area (Å²) in [5.41, 5.74) is 3.17. The van der Waals surface area contributed by atoms with Gasteiger partial charge in [-0.3, -0.25) is 4.79 Å². The highest BCUT2D eigenvalue weighted by molar-refractivity contribution is 5.94. The summed E-state index contributed by atoms with van der Waals surface area (Å²) in [7, 11) is 0. The van der Waals surface area contributed by atoms with E-state index >= 15 is 0 Å². The van der Waals surface area contributed by atoms with Crippen LogP contribution in [0.2, 0.25) is 0 Å². The summed E-state index contributed by atoms with van der Waals surface area (Å²) in [4.78, 5) is 11.6. The summed E-state index contributed by atoms with van der Waals surface area (Å²) in [5.74, 6) is 6.25. The largest absolute Gasteiger partial charge is 0.295 e. The second-order valence-corrected chi connectivity index (χ2v) is 4.96. The predicted molar refractivity (Wildman–Crippen MR) is 93.5 cm³/mol. The first-order valence-electron chi connectivity index (χ1n) is 7.25. The minimum Gasteiger partial charge on any atom is -0.295 e. The second kappa shape index (κ2) is 7.77. The number of allylic oxidation sites excluding steroid dienone is 5. The number of hydrogen-bond acceptors (Lipinski definition) is 2. The van der Waals surface area contributed by atoms with E-state index in [0.29, 0.717) is 5.56 Å². The number of aromatic nitrogens is 2. The van der Waals surface area contributed by atoms with Crippen molar-refractivity contribution in [2.75, 3.05) is 0 Å². The maximum atomic E-state index is 11.6. The normalized spacial score (nSPS) is 11.1. The Kier molecular flexibility index (Phi) is 5.49. The Hall–Kier alpha value is -3.12. The average Bonchev–Trinajstić information content (AvgIpc) is 3.07. The van der Waals surface area contributed by atoms with Gasteiger partial charge in [-0.15, -0.1) is 0 Å². The molecule has 1 aromatic heterocycles. The summed E-state index contributed by atoms with van der Waals surface area (Å²) < 4.78 is 1.74. The van der Waals surface area contributed by atoms with Crippen LogP contribution in [0.25, 0.3) is 5.69 Å². The Morgan fingerprint density at radius 2 is 2.13 bits per heavy atom. The smallest absolute Gasteiger partial charge is 0.159 e. The highest BCUT2D eigenvalue weighted by Gasteiger charge is 2.07. The van der Waals surface area contributed by atoms with Crippen molar-refractivity contribution in [1.82, 2.24) is 9.78 Å². The lowest BCUT2D eigenvalue weighted by atomic mass is 10.1. The quantitative estimate of drug-likeness (QED) is 0.484. The van der Waals surface area contributed by atoms with Crippen LogP contribution in [0.15, 0.2) is 73.1 Å². The number of carbonyl (C=O) groups excluding carboxylic acids is 1. The molecule has 0 aliphatic heterocycles. The molecule has 3 nitrogen and oxygen atoms in total. The van der Waals surface area contributed by atoms with E-state index in [4.69, 9.17) is 0 Å². The molecule has 2 rings (SSSR count). The molecule has 0 radical (unpaired) electrons. The summed E-state index contributed by atoms with van der Waals surface area (Å²) >= 11 is 0. The van der Waals surface area contributed by atoms with Gasteiger partial charge in [-0.05, 0) is 43.7 Å². The third kappa shape index (κ3) is 4.42. The van der Waals surface area contributed by atoms with Crippen LogP contribution < -0.4 is 0 Å². The van der Waals surface area contributed by atoms with Crippen LogP contribution in [-0.2, 0) is 0 Å². The fourth-order valence-corrected chi connectivity index (χ4v) is 1.95. The van der Waals surface area contributed by atoms with Gasteiger partial charge >= 0.3 is 0 Å². The van der Waals surface area contributed by atoms with E-state index in [0.717, 1.165) is 16.8 Å². The van der Waals surface area contributed by atoms with E-state index in [9.17, 15) is 4.79 Å². The molecule has 0 saturated heterocycles. The van der Waals surface area contributed by atoms with Crippen molar-refractivity contribution in [3.8, 4) is 17.5 Å². The van der Waals surface area contributed by atoms with Crippen molar-refractivity contribution in [3.05, 3.63) is 84.2 Å². The number of rotatable bonds is 4. The van der Waals surface area contributed by atoms with Gasteiger partial charge in [-0.1, -0.05) is 42.7 Å². The van der Waals surface area contributed by atoms with E-state index in [-0.39, 0.29) is 5.78 Å². The van der Waals surface area contributed by atoms with Crippen molar-refractivity contribution in [3.63, 3.8) is 0 Å². The predicted octanol–water partition coefficient (Wildman–Crippen LogP) is 4.11. The van der Waals surface area contributed by atoms with Crippen molar-refractivity contribution in [2.24, 2.45) is 0 Å². The minimum atomic E-state index is 0.0150. The minimum absolute atomic E-state index is 0.0150. The number of carbonyl (C=O) groups is 1. The fraction of sp³-hybridized carbons (Fsp3) is 0.100. The molecule has 0 spiro atoms. The van der Waals surface area contributed by atoms with E-state index in [2.05, 4.69) is 23.5 Å². The number of nitrogens with zero attached hydrogens (tertiary/aromatic N) is 2. The van der Waals surface area contributed by atoms with Crippen LogP contribution in [-0.4, -0.2) is 15.6 Å². The monoisotopic (exact) mass is 302 g/mol. The molecule has 0 bridgehead atoms. The maximum Gasteiger partial charge on any atom is 0.159 e. The highest BCUT2D eigenvalue weighted by Crippen LogP contribution is 2.16. The molecular formula is C20H18N2O. The topological polar surface area (TPSA) is 34.9 Å². The molecule has 0 N–H and O–H groups in total. The van der Waals surface area contributed by atoms with E-state index in [1.807, 2.05) is 43.5 Å². The fourth-order valence-electron chi connectivity index (χ4n) is 1.95. The van der Waals surface area contributed by atoms with Gasteiger partial charge in [-0.25, -0.2) is 4.68 Å². The zero-order valence-corrected chi connectivity index (χ0v) is 13.3. The van der Waals surface area contributed by atoms with E-state index in [1.165, 1.54) is 0 Å². The third-order valence-electron chi connectivity index (χ3n) is 3.14. The molecule has 1 aromatic carbocycles. The number of benzene rings is 1. The standard InChI is InChI=1S/C20H18N2O/c1-4-5-6-8-16(2)9-10-19-15-18(17(3)23)11-12-20(19)22-14-7-13-21-22/h4-8,11-15H,1H2,2-3H3/b6-5-,16-8+. The highest BCUT2D eigenvalue weighted by atomic mass is 16.1. The van der Waals surface area contributed by atoms with Gasteiger partial charge in [0.1, 0.15) is 0 Å². The SMILES string of the molecule is C=C/C=C\C=C(/C)C#Cc1cc(C(C)=O)ccc1-n1cccn1. The Morgan fingerprint density at radius 3 is 2.78 bits per heavy atom. The first kappa shape index (κ1) is 16.3. The summed E-state index contributed by atoms with van der Waals surface area (Å²) in [6.07, 6.45) is 10.9. The molecule has 0 fully saturated rings. The summed E-state index contributed by atoms with van der Waals surface area (Å²) in [6, 6.07) is 7.31. The van der Waals surface area contributed by atoms with Crippen LogP contribution in [0.3, 0.4) is 0 Å². The van der Waals surface area contributed by atoms with E-state index in [1.54, 1.807) is 36.0 Å². The summed E-state index contributed by atoms with van der Waals surface area (Å²) in [6.45, 7) is 7.10. The van der Waals surface area contributed by atoms with Gasteiger partial charge in [0.05, 0.1) is 11.3 Å². The molecule has 0 atom stereocenters. The van der Waals surface area contributed by atoms with Crippen molar-refractivity contribution in [2.45, 2.75) is 13.8 Å². The Balaban J connectivity index is 2.45. The Bertz CT molecular complexity index is 828. The molecular weight excluding hydrogens is 284 g/mol. The van der Waals surface area contributed by atoms with Gasteiger partial charge in [-0.2, -0.15) is 5.10 Å². The van der Waals surface area contributed by atoms with Crippen LogP contribution in [0.5, 0.6) is 0 Å². The molecule has 1 heterocycles. The van der Waals surface area contributed by atoms with Crippen LogP contribution in [0.1, 0.15) is 29.8 Å². The molecule has 0 saturated carbocycles. The zero-order valence-electron chi connectivity index (χ0n) is 13.3. The van der Waals surface area contributed by atoms with Crippen molar-refractivity contribution >= 4 is 5.78 Å². The number of ketones is 1. The molecule has 0 aliphatic rings. The van der Waals surface area contributed by atoms with Crippen molar-refractivity contribution in [1.29, 1.82) is 0 Å². The van der Waals surface area contributed by atoms with E-state index < -0.39 is 0 Å². The second-order valence-electron chi connectivity index (χ2n) is 4.96. The maximum absolute atomic E-state index is 11.6. The molecule has 0 amide bonds. The van der Waals surface area contributed by atoms with Crippen LogP contribution in [0.4, 0.5) is 0 Å². The van der Waals surface area contributed by atoms with Crippen LogP contribution in [0, 0.1) is 11.8 Å². The average molecular weight is 302 g/mol. The summed E-state index contributed by atoms with van der Waals surface area (Å²) in [5, 5.41) is 4.24. The van der Waals surface area contributed by atoms with Gasteiger partial charge in [0.15, 0.2) is 5.78 Å². The third-order valence-corrected chi connectivity index (χ3v) is 3.14. The number of Topliss-reactive ketones (excluding diaryl/α,β-unsaturated/α-hetero) is 1. The lowest BCUT2D eigenvalue weighted by Crippen LogP contribution is -2.01. The molecule has 114 valence electrons. The Morgan fingerprint density at radius 1 is 1.30 bits per heavy atom. The molecule has 2 aromatic rings. The molecule has 3 heteroatoms. The molecule has 0 aliphatic carbocycles.